The van der Waals surface area contributed by atoms with Gasteiger partial charge < -0.3 is 14.8 Å². The second-order valence-corrected chi connectivity index (χ2v) is 9.36. The van der Waals surface area contributed by atoms with Gasteiger partial charge in [-0.25, -0.2) is 17.8 Å². The zero-order valence-electron chi connectivity index (χ0n) is 16.2. The van der Waals surface area contributed by atoms with Gasteiger partial charge in [0.15, 0.2) is 5.03 Å². The van der Waals surface area contributed by atoms with Crippen molar-refractivity contribution in [2.24, 2.45) is 18.2 Å². The van der Waals surface area contributed by atoms with Gasteiger partial charge in [0.1, 0.15) is 17.3 Å². The number of aromatic nitrogens is 3. The molecule has 1 fully saturated rings. The Kier molecular flexibility index (Phi) is 4.94. The van der Waals surface area contributed by atoms with Crippen LogP contribution in [0, 0.1) is 11.2 Å². The Labute approximate surface area is 172 Å². The molecule has 158 valence electrons. The number of halogens is 1. The zero-order chi connectivity index (χ0) is 21.5. The monoisotopic (exact) mass is 433 g/mol. The first-order valence-electron chi connectivity index (χ1n) is 9.19. The van der Waals surface area contributed by atoms with Gasteiger partial charge in [0.05, 0.1) is 11.7 Å². The fourth-order valence-electron chi connectivity index (χ4n) is 3.61. The molecule has 0 saturated carbocycles. The molecule has 1 aliphatic rings. The predicted molar refractivity (Wildman–Crippen MR) is 104 cm³/mol. The Morgan fingerprint density at radius 1 is 1.33 bits per heavy atom. The molecule has 4 rings (SSSR count). The summed E-state index contributed by atoms with van der Waals surface area (Å²) in [7, 11) is -2.17. The highest BCUT2D eigenvalue weighted by Gasteiger charge is 2.48. The van der Waals surface area contributed by atoms with Gasteiger partial charge in [0.2, 0.25) is 5.91 Å². The third-order valence-corrected chi connectivity index (χ3v) is 7.07. The minimum atomic E-state index is -3.84. The first-order valence-corrected chi connectivity index (χ1v) is 10.6. The van der Waals surface area contributed by atoms with Crippen LogP contribution in [0.5, 0.6) is 0 Å². The van der Waals surface area contributed by atoms with Crippen LogP contribution in [0.25, 0.3) is 11.3 Å². The fourth-order valence-corrected chi connectivity index (χ4v) is 5.11. The number of nitrogens with zero attached hydrogens (tertiary/aromatic N) is 4. The Morgan fingerprint density at radius 3 is 2.70 bits per heavy atom. The van der Waals surface area contributed by atoms with E-state index in [4.69, 9.17) is 10.3 Å². The molecule has 2 aromatic heterocycles. The minimum Gasteiger partial charge on any atom is -0.369 e. The van der Waals surface area contributed by atoms with Gasteiger partial charge in [-0.1, -0.05) is 5.16 Å². The van der Waals surface area contributed by atoms with Gasteiger partial charge in [0.25, 0.3) is 10.0 Å². The molecule has 3 heterocycles. The molecule has 30 heavy (non-hydrogen) atoms. The molecule has 0 bridgehead atoms. The van der Waals surface area contributed by atoms with Crippen LogP contribution in [0.3, 0.4) is 0 Å². The normalized spacial score (nSPS) is 19.9. The molecule has 1 atom stereocenters. The fraction of sp³-hybridized carbons (Fsp3) is 0.316. The molecule has 11 heteroatoms. The number of benzene rings is 1. The molecule has 9 nitrogen and oxygen atoms in total. The zero-order valence-corrected chi connectivity index (χ0v) is 17.0. The molecule has 1 aromatic carbocycles. The van der Waals surface area contributed by atoms with Crippen LogP contribution in [-0.2, 0) is 28.3 Å². The van der Waals surface area contributed by atoms with E-state index in [-0.39, 0.29) is 36.8 Å². The summed E-state index contributed by atoms with van der Waals surface area (Å²) in [6, 6.07) is 7.40. The lowest BCUT2D eigenvalue weighted by Crippen LogP contribution is -2.42. The van der Waals surface area contributed by atoms with E-state index in [9.17, 15) is 17.6 Å². The van der Waals surface area contributed by atoms with E-state index >= 15 is 0 Å². The first kappa shape index (κ1) is 20.2. The molecular weight excluding hydrogens is 413 g/mol. The van der Waals surface area contributed by atoms with Gasteiger partial charge in [-0.3, -0.25) is 4.79 Å². The van der Waals surface area contributed by atoms with Crippen LogP contribution >= 0.6 is 0 Å². The molecule has 0 unspecified atom stereocenters. The minimum absolute atomic E-state index is 0.0756. The maximum Gasteiger partial charge on any atom is 0.262 e. The smallest absolute Gasteiger partial charge is 0.262 e. The SMILES string of the molecule is Cn1cnc(S(=O)(=O)N2CC[C@](Cc3cc(-c4ccc(F)cc4)no3)(C(N)=O)C2)c1. The Morgan fingerprint density at radius 2 is 2.07 bits per heavy atom. The average Bonchev–Trinajstić information content (AvgIpc) is 3.43. The van der Waals surface area contributed by atoms with E-state index in [0.717, 1.165) is 0 Å². The van der Waals surface area contributed by atoms with Gasteiger partial charge in [-0.2, -0.15) is 4.31 Å². The van der Waals surface area contributed by atoms with Crippen molar-refractivity contribution in [2.75, 3.05) is 13.1 Å². The number of nitrogens with two attached hydrogens (primary N) is 1. The van der Waals surface area contributed by atoms with Crippen molar-refractivity contribution in [3.8, 4) is 11.3 Å². The second-order valence-electron chi connectivity index (χ2n) is 7.47. The summed E-state index contributed by atoms with van der Waals surface area (Å²) >= 11 is 0. The quantitative estimate of drug-likeness (QED) is 0.625. The number of aryl methyl sites for hydroxylation is 1. The molecule has 1 amide bonds. The van der Waals surface area contributed by atoms with Crippen molar-refractivity contribution in [2.45, 2.75) is 17.9 Å². The molecule has 2 N–H and O–H groups in total. The Balaban J connectivity index is 1.56. The predicted octanol–water partition coefficient (Wildman–Crippen LogP) is 1.32. The van der Waals surface area contributed by atoms with Crippen LogP contribution in [0.4, 0.5) is 4.39 Å². The number of rotatable bonds is 6. The molecule has 1 saturated heterocycles. The van der Waals surface area contributed by atoms with Crippen LogP contribution in [0.1, 0.15) is 12.2 Å². The van der Waals surface area contributed by atoms with Gasteiger partial charge >= 0.3 is 0 Å². The number of imidazole rings is 1. The highest BCUT2D eigenvalue weighted by Crippen LogP contribution is 2.37. The van der Waals surface area contributed by atoms with E-state index in [0.29, 0.717) is 17.0 Å². The standard InChI is InChI=1S/C19H20FN5O4S/c1-24-10-17(22-12-24)30(27,28)25-7-6-19(11-25,18(21)26)9-15-8-16(23-29-15)13-2-4-14(20)5-3-13/h2-5,8,10,12H,6-7,9,11H2,1H3,(H2,21,26)/t19-/m1/s1. The number of sulfonamides is 1. The Hall–Kier alpha value is -3.05. The van der Waals surface area contributed by atoms with E-state index in [1.54, 1.807) is 25.2 Å². The number of primary amides is 1. The van der Waals surface area contributed by atoms with Crippen molar-refractivity contribution >= 4 is 15.9 Å². The number of carbonyl (C=O) groups excluding carboxylic acids is 1. The topological polar surface area (TPSA) is 124 Å². The summed E-state index contributed by atoms with van der Waals surface area (Å²) in [4.78, 5) is 16.2. The number of carbonyl (C=O) groups is 1. The maximum atomic E-state index is 13.1. The van der Waals surface area contributed by atoms with E-state index in [2.05, 4.69) is 10.1 Å². The maximum absolute atomic E-state index is 13.1. The largest absolute Gasteiger partial charge is 0.369 e. The summed E-state index contributed by atoms with van der Waals surface area (Å²) in [5, 5.41) is 3.89. The van der Waals surface area contributed by atoms with Gasteiger partial charge in [0, 0.05) is 44.4 Å². The molecule has 0 spiro atoms. The van der Waals surface area contributed by atoms with Gasteiger partial charge in [-0.15, -0.1) is 0 Å². The summed E-state index contributed by atoms with van der Waals surface area (Å²) in [5.74, 6) is -0.582. The molecule has 0 radical (unpaired) electrons. The lowest BCUT2D eigenvalue weighted by Gasteiger charge is -2.24. The first-order chi connectivity index (χ1) is 14.2. The molecule has 3 aromatic rings. The number of amides is 1. The van der Waals surface area contributed by atoms with Crippen LogP contribution in [0.2, 0.25) is 0 Å². The highest BCUT2D eigenvalue weighted by molar-refractivity contribution is 7.89. The summed E-state index contributed by atoms with van der Waals surface area (Å²) in [6.07, 6.45) is 3.16. The summed E-state index contributed by atoms with van der Waals surface area (Å²) < 4.78 is 47.0. The van der Waals surface area contributed by atoms with Crippen LogP contribution in [-0.4, -0.2) is 46.4 Å². The van der Waals surface area contributed by atoms with E-state index in [1.165, 1.54) is 33.5 Å². The van der Waals surface area contributed by atoms with Crippen molar-refractivity contribution in [1.29, 1.82) is 0 Å². The Bertz CT molecular complexity index is 1190. The number of hydrogen-bond donors (Lipinski definition) is 1. The number of hydrogen-bond acceptors (Lipinski definition) is 6. The second kappa shape index (κ2) is 7.33. The molecular formula is C19H20FN5O4S. The molecule has 1 aliphatic heterocycles. The average molecular weight is 433 g/mol. The van der Waals surface area contributed by atoms with Crippen molar-refractivity contribution < 1.29 is 22.1 Å². The van der Waals surface area contributed by atoms with Crippen molar-refractivity contribution in [3.63, 3.8) is 0 Å². The highest BCUT2D eigenvalue weighted by atomic mass is 32.2. The lowest BCUT2D eigenvalue weighted by atomic mass is 9.82. The van der Waals surface area contributed by atoms with Crippen molar-refractivity contribution in [1.82, 2.24) is 19.0 Å². The van der Waals surface area contributed by atoms with E-state index < -0.39 is 21.3 Å². The van der Waals surface area contributed by atoms with Crippen molar-refractivity contribution in [3.05, 3.63) is 54.4 Å². The third kappa shape index (κ3) is 3.61. The van der Waals surface area contributed by atoms with Gasteiger partial charge in [-0.05, 0) is 30.7 Å². The van der Waals surface area contributed by atoms with E-state index in [1.807, 2.05) is 0 Å². The van der Waals surface area contributed by atoms with Crippen LogP contribution < -0.4 is 5.73 Å². The third-order valence-electron chi connectivity index (χ3n) is 5.34. The molecule has 0 aliphatic carbocycles. The summed E-state index contributed by atoms with van der Waals surface area (Å²) in [6.45, 7) is 0.0641. The van der Waals surface area contributed by atoms with Crippen LogP contribution in [0.15, 0.2) is 52.4 Å². The summed E-state index contributed by atoms with van der Waals surface area (Å²) in [5.41, 5.74) is 5.70. The lowest BCUT2D eigenvalue weighted by molar-refractivity contribution is -0.127.